The minimum Gasteiger partial charge on any atom is -0.335 e. The van der Waals surface area contributed by atoms with Gasteiger partial charge in [-0.15, -0.1) is 0 Å². The summed E-state index contributed by atoms with van der Waals surface area (Å²) in [5, 5.41) is 12.1. The lowest BCUT2D eigenvalue weighted by atomic mass is 10.1. The van der Waals surface area contributed by atoms with E-state index in [4.69, 9.17) is 16.9 Å². The van der Waals surface area contributed by atoms with Crippen LogP contribution in [0.15, 0.2) is 29.3 Å². The molecule has 0 aromatic heterocycles. The van der Waals surface area contributed by atoms with E-state index >= 15 is 0 Å². The molecule has 0 bridgehead atoms. The Kier molecular flexibility index (Phi) is 4.06. The van der Waals surface area contributed by atoms with Crippen LogP contribution in [0.4, 0.5) is 0 Å². The van der Waals surface area contributed by atoms with Crippen LogP contribution >= 0.6 is 11.6 Å². The summed E-state index contributed by atoms with van der Waals surface area (Å²) in [5.74, 6) is 0.659. The van der Waals surface area contributed by atoms with E-state index in [2.05, 4.69) is 22.1 Å². The molecular formula is C13H15ClN4. The minimum absolute atomic E-state index is 0.169. The summed E-state index contributed by atoms with van der Waals surface area (Å²) < 4.78 is 0. The zero-order chi connectivity index (χ0) is 13.0. The van der Waals surface area contributed by atoms with E-state index in [0.29, 0.717) is 5.96 Å². The van der Waals surface area contributed by atoms with Crippen LogP contribution in [0.2, 0.25) is 5.02 Å². The second kappa shape index (κ2) is 5.74. The minimum atomic E-state index is 0.169. The summed E-state index contributed by atoms with van der Waals surface area (Å²) >= 11 is 5.89. The molecule has 0 radical (unpaired) electrons. The fourth-order valence-corrected chi connectivity index (χ4v) is 2.21. The molecule has 0 saturated heterocycles. The Morgan fingerprint density at radius 2 is 2.17 bits per heavy atom. The van der Waals surface area contributed by atoms with E-state index in [-0.39, 0.29) is 6.04 Å². The van der Waals surface area contributed by atoms with Crippen LogP contribution in [0.1, 0.15) is 24.9 Å². The van der Waals surface area contributed by atoms with Crippen molar-refractivity contribution in [1.29, 1.82) is 5.26 Å². The number of hydrogen-bond acceptors (Lipinski definition) is 4. The molecule has 0 saturated carbocycles. The highest BCUT2D eigenvalue weighted by Crippen LogP contribution is 2.23. The summed E-state index contributed by atoms with van der Waals surface area (Å²) in [5.41, 5.74) is 1.16. The van der Waals surface area contributed by atoms with Gasteiger partial charge in [0.05, 0.1) is 6.04 Å². The molecular weight excluding hydrogens is 248 g/mol. The molecule has 4 nitrogen and oxygen atoms in total. The van der Waals surface area contributed by atoms with Gasteiger partial charge in [-0.1, -0.05) is 23.7 Å². The monoisotopic (exact) mass is 262 g/mol. The number of benzene rings is 1. The summed E-state index contributed by atoms with van der Waals surface area (Å²) in [4.78, 5) is 6.45. The van der Waals surface area contributed by atoms with Gasteiger partial charge in [0.15, 0.2) is 6.19 Å². The van der Waals surface area contributed by atoms with E-state index in [9.17, 15) is 0 Å². The second-order valence-corrected chi connectivity index (χ2v) is 4.65. The first-order valence-electron chi connectivity index (χ1n) is 5.94. The van der Waals surface area contributed by atoms with Gasteiger partial charge in [-0.2, -0.15) is 5.26 Å². The lowest BCUT2D eigenvalue weighted by Crippen LogP contribution is -2.44. The lowest BCUT2D eigenvalue weighted by Gasteiger charge is -2.33. The fourth-order valence-electron chi connectivity index (χ4n) is 2.08. The Morgan fingerprint density at radius 1 is 1.44 bits per heavy atom. The summed E-state index contributed by atoms with van der Waals surface area (Å²) in [6.45, 7) is 3.77. The topological polar surface area (TPSA) is 51.4 Å². The van der Waals surface area contributed by atoms with Crippen LogP contribution in [0, 0.1) is 11.5 Å². The van der Waals surface area contributed by atoms with Gasteiger partial charge in [0, 0.05) is 18.1 Å². The van der Waals surface area contributed by atoms with E-state index in [1.807, 2.05) is 30.5 Å². The van der Waals surface area contributed by atoms with Gasteiger partial charge >= 0.3 is 0 Å². The van der Waals surface area contributed by atoms with E-state index < -0.39 is 0 Å². The van der Waals surface area contributed by atoms with Crippen molar-refractivity contribution < 1.29 is 0 Å². The number of hydrogen-bond donors (Lipinski definition) is 1. The van der Waals surface area contributed by atoms with Crippen molar-refractivity contribution >= 4 is 17.6 Å². The fraction of sp³-hybridized carbons (Fsp3) is 0.385. The third-order valence-electron chi connectivity index (χ3n) is 3.08. The molecule has 1 aliphatic rings. The van der Waals surface area contributed by atoms with Crippen LogP contribution < -0.4 is 5.32 Å². The van der Waals surface area contributed by atoms with Crippen LogP contribution in [0.5, 0.6) is 0 Å². The zero-order valence-electron chi connectivity index (χ0n) is 10.2. The highest BCUT2D eigenvalue weighted by molar-refractivity contribution is 6.30. The van der Waals surface area contributed by atoms with Gasteiger partial charge in [-0.05, 0) is 31.0 Å². The van der Waals surface area contributed by atoms with Crippen molar-refractivity contribution in [2.24, 2.45) is 4.99 Å². The molecule has 1 aromatic rings. The van der Waals surface area contributed by atoms with Crippen LogP contribution in [-0.2, 0) is 0 Å². The third-order valence-corrected chi connectivity index (χ3v) is 3.33. The van der Waals surface area contributed by atoms with Gasteiger partial charge in [-0.3, -0.25) is 10.3 Å². The highest BCUT2D eigenvalue weighted by atomic mass is 35.5. The Bertz CT molecular complexity index is 475. The second-order valence-electron chi connectivity index (χ2n) is 4.22. The van der Waals surface area contributed by atoms with Crippen molar-refractivity contribution in [3.8, 4) is 6.19 Å². The maximum atomic E-state index is 8.74. The van der Waals surface area contributed by atoms with Gasteiger partial charge in [-0.25, -0.2) is 0 Å². The molecule has 5 heteroatoms. The zero-order valence-corrected chi connectivity index (χ0v) is 11.0. The number of nitrogens with one attached hydrogen (secondary N) is 1. The first kappa shape index (κ1) is 12.7. The van der Waals surface area contributed by atoms with Gasteiger partial charge in [0.1, 0.15) is 0 Å². The highest BCUT2D eigenvalue weighted by Gasteiger charge is 2.21. The molecule has 94 valence electrons. The van der Waals surface area contributed by atoms with Gasteiger partial charge < -0.3 is 4.90 Å². The summed E-state index contributed by atoms with van der Waals surface area (Å²) in [7, 11) is 0. The average molecular weight is 263 g/mol. The Balaban J connectivity index is 2.19. The molecule has 0 amide bonds. The van der Waals surface area contributed by atoms with Crippen LogP contribution in [-0.4, -0.2) is 23.9 Å². The largest absolute Gasteiger partial charge is 0.335 e. The maximum absolute atomic E-state index is 8.74. The third kappa shape index (κ3) is 2.74. The smallest absolute Gasteiger partial charge is 0.207 e. The van der Waals surface area contributed by atoms with Crippen molar-refractivity contribution in [2.45, 2.75) is 19.4 Å². The molecule has 18 heavy (non-hydrogen) atoms. The number of rotatable bonds is 2. The van der Waals surface area contributed by atoms with Crippen LogP contribution in [0.25, 0.3) is 0 Å². The number of nitriles is 1. The molecule has 2 rings (SSSR count). The van der Waals surface area contributed by atoms with Crippen molar-refractivity contribution in [3.63, 3.8) is 0 Å². The average Bonchev–Trinajstić information content (AvgIpc) is 2.40. The van der Waals surface area contributed by atoms with E-state index in [1.165, 1.54) is 0 Å². The van der Waals surface area contributed by atoms with Crippen molar-refractivity contribution in [2.75, 3.05) is 13.1 Å². The maximum Gasteiger partial charge on any atom is 0.207 e. The predicted octanol–water partition coefficient (Wildman–Crippen LogP) is 2.53. The Labute approximate surface area is 112 Å². The molecule has 0 spiro atoms. The molecule has 1 N–H and O–H groups in total. The van der Waals surface area contributed by atoms with Gasteiger partial charge in [0.2, 0.25) is 5.96 Å². The van der Waals surface area contributed by atoms with Crippen molar-refractivity contribution in [1.82, 2.24) is 10.2 Å². The molecule has 1 unspecified atom stereocenters. The SMILES string of the molecule is CC(c1ccc(Cl)cc1)N1CCCN=C1NC#N. The molecule has 1 aromatic carbocycles. The molecule has 0 aliphatic carbocycles. The number of nitrogens with zero attached hydrogens (tertiary/aromatic N) is 3. The Hall–Kier alpha value is -1.73. The quantitative estimate of drug-likeness (QED) is 0.658. The standard InChI is InChI=1S/C13H15ClN4/c1-10(11-3-5-12(14)6-4-11)18-8-2-7-16-13(18)17-9-15/h3-6,10H,2,7-8H2,1H3,(H,16,17). The molecule has 0 fully saturated rings. The Morgan fingerprint density at radius 3 is 2.83 bits per heavy atom. The normalized spacial score (nSPS) is 16.7. The van der Waals surface area contributed by atoms with Gasteiger partial charge in [0.25, 0.3) is 0 Å². The first-order valence-corrected chi connectivity index (χ1v) is 6.32. The number of guanidine groups is 1. The molecule has 1 heterocycles. The first-order chi connectivity index (χ1) is 8.72. The predicted molar refractivity (Wildman–Crippen MR) is 72.2 cm³/mol. The lowest BCUT2D eigenvalue weighted by molar-refractivity contribution is 0.312. The molecule has 1 aliphatic heterocycles. The summed E-state index contributed by atoms with van der Waals surface area (Å²) in [6, 6.07) is 7.94. The number of aliphatic imine (C=N–C) groups is 1. The van der Waals surface area contributed by atoms with E-state index in [1.54, 1.807) is 0 Å². The summed E-state index contributed by atoms with van der Waals surface area (Å²) in [6.07, 6.45) is 2.95. The van der Waals surface area contributed by atoms with Crippen molar-refractivity contribution in [3.05, 3.63) is 34.9 Å². The van der Waals surface area contributed by atoms with E-state index in [0.717, 1.165) is 30.1 Å². The molecule has 1 atom stereocenters. The number of halogens is 1. The van der Waals surface area contributed by atoms with Crippen LogP contribution in [0.3, 0.4) is 0 Å².